The zero-order chi connectivity index (χ0) is 15.5. The highest BCUT2D eigenvalue weighted by molar-refractivity contribution is 9.10. The number of ether oxygens (including phenoxy) is 1. The van der Waals surface area contributed by atoms with E-state index in [4.69, 9.17) is 9.84 Å². The van der Waals surface area contributed by atoms with Crippen molar-refractivity contribution in [1.82, 2.24) is 0 Å². The molecular formula is C14H14BrNO4S. The molecule has 7 heteroatoms. The second-order valence-electron chi connectivity index (χ2n) is 4.26. The molecule has 0 bridgehead atoms. The zero-order valence-electron chi connectivity index (χ0n) is 11.2. The summed E-state index contributed by atoms with van der Waals surface area (Å²) in [5.41, 5.74) is 0.909. The summed E-state index contributed by atoms with van der Waals surface area (Å²) in [5, 5.41) is 9.09. The fraction of sp³-hybridized carbons (Fsp3) is 0.143. The molecule has 112 valence electrons. The van der Waals surface area contributed by atoms with Crippen LogP contribution in [0.3, 0.4) is 0 Å². The average Bonchev–Trinajstić information content (AvgIpc) is 2.49. The van der Waals surface area contributed by atoms with E-state index < -0.39 is 10.0 Å². The predicted octanol–water partition coefficient (Wildman–Crippen LogP) is 2.75. The largest absolute Gasteiger partial charge is 0.497 e. The van der Waals surface area contributed by atoms with E-state index in [-0.39, 0.29) is 11.5 Å². The van der Waals surface area contributed by atoms with Gasteiger partial charge in [0.05, 0.1) is 24.3 Å². The Bertz CT molecular complexity index is 746. The molecule has 0 saturated heterocycles. The summed E-state index contributed by atoms with van der Waals surface area (Å²) < 4.78 is 32.9. The van der Waals surface area contributed by atoms with E-state index in [9.17, 15) is 8.42 Å². The molecule has 2 rings (SSSR count). The van der Waals surface area contributed by atoms with Gasteiger partial charge in [-0.2, -0.15) is 0 Å². The Hall–Kier alpha value is -1.57. The number of rotatable bonds is 5. The molecule has 0 aliphatic rings. The number of nitrogens with one attached hydrogen (secondary N) is 1. The van der Waals surface area contributed by atoms with Crippen molar-refractivity contribution in [3.05, 3.63) is 52.5 Å². The number of aliphatic hydroxyl groups excluding tert-OH is 1. The van der Waals surface area contributed by atoms with Crippen LogP contribution in [0.25, 0.3) is 0 Å². The van der Waals surface area contributed by atoms with Crippen molar-refractivity contribution in [3.8, 4) is 5.75 Å². The van der Waals surface area contributed by atoms with Gasteiger partial charge in [0.25, 0.3) is 10.0 Å². The van der Waals surface area contributed by atoms with Gasteiger partial charge >= 0.3 is 0 Å². The molecule has 0 amide bonds. The number of anilines is 1. The smallest absolute Gasteiger partial charge is 0.261 e. The Labute approximate surface area is 131 Å². The lowest BCUT2D eigenvalue weighted by atomic mass is 10.2. The van der Waals surface area contributed by atoms with Crippen LogP contribution in [0.4, 0.5) is 5.69 Å². The third kappa shape index (κ3) is 3.75. The van der Waals surface area contributed by atoms with Gasteiger partial charge in [-0.25, -0.2) is 8.42 Å². The zero-order valence-corrected chi connectivity index (χ0v) is 13.6. The number of hydrogen-bond donors (Lipinski definition) is 2. The van der Waals surface area contributed by atoms with Crippen LogP contribution in [0.2, 0.25) is 0 Å². The van der Waals surface area contributed by atoms with Gasteiger partial charge in [-0.3, -0.25) is 4.72 Å². The van der Waals surface area contributed by atoms with E-state index in [2.05, 4.69) is 20.7 Å². The van der Waals surface area contributed by atoms with Gasteiger partial charge in [0, 0.05) is 10.5 Å². The molecule has 2 aromatic rings. The topological polar surface area (TPSA) is 75.6 Å². The van der Waals surface area contributed by atoms with Gasteiger partial charge in [0.1, 0.15) is 5.75 Å². The maximum absolute atomic E-state index is 12.4. The summed E-state index contributed by atoms with van der Waals surface area (Å²) in [6.45, 7) is -0.216. The Morgan fingerprint density at radius 1 is 1.24 bits per heavy atom. The van der Waals surface area contributed by atoms with Crippen LogP contribution in [0.1, 0.15) is 5.56 Å². The van der Waals surface area contributed by atoms with E-state index in [0.29, 0.717) is 21.5 Å². The fourth-order valence-corrected chi connectivity index (χ4v) is 3.34. The Morgan fingerprint density at radius 2 is 2.00 bits per heavy atom. The quantitative estimate of drug-likeness (QED) is 0.846. The highest BCUT2D eigenvalue weighted by Gasteiger charge is 2.16. The lowest BCUT2D eigenvalue weighted by molar-refractivity contribution is 0.281. The van der Waals surface area contributed by atoms with Crippen molar-refractivity contribution in [1.29, 1.82) is 0 Å². The van der Waals surface area contributed by atoms with E-state index in [1.165, 1.54) is 19.2 Å². The maximum atomic E-state index is 12.4. The molecule has 0 aliphatic heterocycles. The normalized spacial score (nSPS) is 11.2. The van der Waals surface area contributed by atoms with Crippen LogP contribution in [-0.2, 0) is 16.6 Å². The Kier molecular flexibility index (Phi) is 4.87. The lowest BCUT2D eigenvalue weighted by Gasteiger charge is -2.11. The third-order valence-corrected chi connectivity index (χ3v) is 4.86. The van der Waals surface area contributed by atoms with Crippen LogP contribution < -0.4 is 9.46 Å². The van der Waals surface area contributed by atoms with Crippen LogP contribution in [0.15, 0.2) is 51.8 Å². The molecular weight excluding hydrogens is 358 g/mol. The van der Waals surface area contributed by atoms with Crippen LogP contribution in [-0.4, -0.2) is 20.6 Å². The van der Waals surface area contributed by atoms with Crippen LogP contribution in [0.5, 0.6) is 5.75 Å². The van der Waals surface area contributed by atoms with E-state index in [1.807, 2.05) is 0 Å². The molecule has 0 aromatic heterocycles. The average molecular weight is 372 g/mol. The minimum Gasteiger partial charge on any atom is -0.497 e. The van der Waals surface area contributed by atoms with Crippen molar-refractivity contribution >= 4 is 31.6 Å². The molecule has 21 heavy (non-hydrogen) atoms. The van der Waals surface area contributed by atoms with Gasteiger partial charge < -0.3 is 9.84 Å². The number of methoxy groups -OCH3 is 1. The van der Waals surface area contributed by atoms with Crippen LogP contribution >= 0.6 is 15.9 Å². The van der Waals surface area contributed by atoms with Gasteiger partial charge in [-0.05, 0) is 45.8 Å². The summed E-state index contributed by atoms with van der Waals surface area (Å²) in [4.78, 5) is 0.0868. The second kappa shape index (κ2) is 6.46. The SMILES string of the molecule is COc1ccc(Br)c(NS(=O)(=O)c2cccc(CO)c2)c1. The number of hydrogen-bond acceptors (Lipinski definition) is 4. The molecule has 5 nitrogen and oxygen atoms in total. The van der Waals surface area contributed by atoms with Crippen molar-refractivity contribution in [3.63, 3.8) is 0 Å². The summed E-state index contributed by atoms with van der Waals surface area (Å²) in [6.07, 6.45) is 0. The maximum Gasteiger partial charge on any atom is 0.261 e. The molecule has 0 unspecified atom stereocenters. The summed E-state index contributed by atoms with van der Waals surface area (Å²) in [5.74, 6) is 0.542. The first-order valence-corrected chi connectivity index (χ1v) is 8.30. The third-order valence-electron chi connectivity index (χ3n) is 2.81. The van der Waals surface area contributed by atoms with Gasteiger partial charge in [0.15, 0.2) is 0 Å². The Morgan fingerprint density at radius 3 is 2.67 bits per heavy atom. The molecule has 2 aromatic carbocycles. The molecule has 0 atom stereocenters. The highest BCUT2D eigenvalue weighted by atomic mass is 79.9. The number of sulfonamides is 1. The van der Waals surface area contributed by atoms with Crippen molar-refractivity contribution in [2.75, 3.05) is 11.8 Å². The Balaban J connectivity index is 2.37. The monoisotopic (exact) mass is 371 g/mol. The second-order valence-corrected chi connectivity index (χ2v) is 6.79. The van der Waals surface area contributed by atoms with Crippen molar-refractivity contribution < 1.29 is 18.3 Å². The molecule has 2 N–H and O–H groups in total. The molecule has 0 saturated carbocycles. The molecule has 0 radical (unpaired) electrons. The standard InChI is InChI=1S/C14H14BrNO4S/c1-20-11-5-6-13(15)14(8-11)16-21(18,19)12-4-2-3-10(7-12)9-17/h2-8,16-17H,9H2,1H3. The first kappa shape index (κ1) is 15.8. The van der Waals surface area contributed by atoms with E-state index in [0.717, 1.165) is 0 Å². The van der Waals surface area contributed by atoms with E-state index in [1.54, 1.807) is 30.3 Å². The summed E-state index contributed by atoms with van der Waals surface area (Å²) >= 11 is 3.29. The van der Waals surface area contributed by atoms with Crippen molar-refractivity contribution in [2.45, 2.75) is 11.5 Å². The first-order valence-electron chi connectivity index (χ1n) is 6.02. The molecule has 0 spiro atoms. The number of halogens is 1. The minimum absolute atomic E-state index is 0.0868. The minimum atomic E-state index is -3.74. The lowest BCUT2D eigenvalue weighted by Crippen LogP contribution is -2.13. The molecule has 0 fully saturated rings. The van der Waals surface area contributed by atoms with Gasteiger partial charge in [0.2, 0.25) is 0 Å². The van der Waals surface area contributed by atoms with Crippen molar-refractivity contribution in [2.24, 2.45) is 0 Å². The van der Waals surface area contributed by atoms with Crippen LogP contribution in [0, 0.1) is 0 Å². The molecule has 0 heterocycles. The summed E-state index contributed by atoms with van der Waals surface area (Å²) in [6, 6.07) is 11.1. The fourth-order valence-electron chi connectivity index (χ4n) is 1.72. The molecule has 0 aliphatic carbocycles. The predicted molar refractivity (Wildman–Crippen MR) is 83.9 cm³/mol. The van der Waals surface area contributed by atoms with E-state index >= 15 is 0 Å². The van der Waals surface area contributed by atoms with Gasteiger partial charge in [-0.15, -0.1) is 0 Å². The number of benzene rings is 2. The number of aliphatic hydroxyl groups is 1. The highest BCUT2D eigenvalue weighted by Crippen LogP contribution is 2.29. The van der Waals surface area contributed by atoms with Gasteiger partial charge in [-0.1, -0.05) is 12.1 Å². The summed E-state index contributed by atoms with van der Waals surface area (Å²) in [7, 11) is -2.23. The first-order chi connectivity index (χ1) is 9.96.